The highest BCUT2D eigenvalue weighted by molar-refractivity contribution is 5.92. The van der Waals surface area contributed by atoms with Gasteiger partial charge < -0.3 is 14.6 Å². The SMILES string of the molecule is CCOc1ccc(NC(=O)Cn2ccc(=O)c3c(C)cc(C)cc32)cc1. The number of hydrogen-bond acceptors (Lipinski definition) is 3. The molecule has 0 aliphatic rings. The van der Waals surface area contributed by atoms with Crippen LogP contribution in [0.1, 0.15) is 18.1 Å². The van der Waals surface area contributed by atoms with Crippen molar-refractivity contribution in [3.05, 3.63) is 70.0 Å². The van der Waals surface area contributed by atoms with Gasteiger partial charge in [-0.3, -0.25) is 9.59 Å². The number of hydrogen-bond donors (Lipinski definition) is 1. The van der Waals surface area contributed by atoms with Gasteiger partial charge in [-0.1, -0.05) is 6.07 Å². The lowest BCUT2D eigenvalue weighted by Gasteiger charge is -2.13. The van der Waals surface area contributed by atoms with Crippen molar-refractivity contribution in [3.63, 3.8) is 0 Å². The average Bonchev–Trinajstić information content (AvgIpc) is 2.59. The summed E-state index contributed by atoms with van der Waals surface area (Å²) >= 11 is 0. The molecule has 3 rings (SSSR count). The van der Waals surface area contributed by atoms with E-state index in [1.165, 1.54) is 6.07 Å². The van der Waals surface area contributed by atoms with Crippen LogP contribution in [-0.4, -0.2) is 17.1 Å². The third kappa shape index (κ3) is 3.77. The van der Waals surface area contributed by atoms with E-state index in [1.807, 2.05) is 45.0 Å². The van der Waals surface area contributed by atoms with Crippen molar-refractivity contribution < 1.29 is 9.53 Å². The first kappa shape index (κ1) is 17.7. The Bertz CT molecular complexity index is 1000. The highest BCUT2D eigenvalue weighted by atomic mass is 16.5. The maximum atomic E-state index is 12.4. The second-order valence-corrected chi connectivity index (χ2v) is 6.29. The Kier molecular flexibility index (Phi) is 5.07. The maximum absolute atomic E-state index is 12.4. The summed E-state index contributed by atoms with van der Waals surface area (Å²) in [7, 11) is 0. The number of benzene rings is 2. The zero-order valence-corrected chi connectivity index (χ0v) is 15.2. The Morgan fingerprint density at radius 1 is 1.12 bits per heavy atom. The zero-order valence-electron chi connectivity index (χ0n) is 15.2. The van der Waals surface area contributed by atoms with Crippen LogP contribution in [0.4, 0.5) is 5.69 Å². The molecule has 3 aromatic rings. The van der Waals surface area contributed by atoms with Crippen LogP contribution in [0.5, 0.6) is 5.75 Å². The van der Waals surface area contributed by atoms with Crippen LogP contribution in [0.2, 0.25) is 0 Å². The van der Waals surface area contributed by atoms with Gasteiger partial charge in [-0.05, 0) is 62.2 Å². The maximum Gasteiger partial charge on any atom is 0.244 e. The van der Waals surface area contributed by atoms with E-state index in [9.17, 15) is 9.59 Å². The van der Waals surface area contributed by atoms with Crippen molar-refractivity contribution in [2.45, 2.75) is 27.3 Å². The molecular weight excluding hydrogens is 328 g/mol. The minimum Gasteiger partial charge on any atom is -0.494 e. The monoisotopic (exact) mass is 350 g/mol. The van der Waals surface area contributed by atoms with Gasteiger partial charge in [-0.15, -0.1) is 0 Å². The zero-order chi connectivity index (χ0) is 18.7. The van der Waals surface area contributed by atoms with Gasteiger partial charge in [0.15, 0.2) is 5.43 Å². The molecule has 0 saturated carbocycles. The quantitative estimate of drug-likeness (QED) is 0.764. The smallest absolute Gasteiger partial charge is 0.244 e. The molecule has 0 unspecified atom stereocenters. The first-order valence-electron chi connectivity index (χ1n) is 8.61. The van der Waals surface area contributed by atoms with Gasteiger partial charge in [0.2, 0.25) is 5.91 Å². The average molecular weight is 350 g/mol. The molecule has 0 atom stereocenters. The summed E-state index contributed by atoms with van der Waals surface area (Å²) in [4.78, 5) is 24.6. The predicted octanol–water partition coefficient (Wildman–Crippen LogP) is 3.66. The van der Waals surface area contributed by atoms with Gasteiger partial charge >= 0.3 is 0 Å². The Balaban J connectivity index is 1.83. The molecule has 0 aliphatic carbocycles. The Morgan fingerprint density at radius 2 is 1.85 bits per heavy atom. The van der Waals surface area contributed by atoms with Crippen LogP contribution in [0.15, 0.2) is 53.5 Å². The van der Waals surface area contributed by atoms with Crippen molar-refractivity contribution in [1.82, 2.24) is 4.57 Å². The van der Waals surface area contributed by atoms with Crippen LogP contribution in [0, 0.1) is 13.8 Å². The van der Waals surface area contributed by atoms with Crippen molar-refractivity contribution in [3.8, 4) is 5.75 Å². The molecule has 5 heteroatoms. The lowest BCUT2D eigenvalue weighted by molar-refractivity contribution is -0.116. The van der Waals surface area contributed by atoms with Gasteiger partial charge in [0.25, 0.3) is 0 Å². The third-order valence-electron chi connectivity index (χ3n) is 4.18. The fraction of sp³-hybridized carbons (Fsp3) is 0.238. The van der Waals surface area contributed by atoms with Gasteiger partial charge in [0.1, 0.15) is 12.3 Å². The number of amides is 1. The van der Waals surface area contributed by atoms with E-state index in [0.717, 1.165) is 22.4 Å². The second-order valence-electron chi connectivity index (χ2n) is 6.29. The minimum atomic E-state index is -0.154. The summed E-state index contributed by atoms with van der Waals surface area (Å²) in [5.41, 5.74) is 3.43. The first-order chi connectivity index (χ1) is 12.5. The molecule has 1 N–H and O–H groups in total. The normalized spacial score (nSPS) is 10.7. The highest BCUT2D eigenvalue weighted by Crippen LogP contribution is 2.18. The Labute approximate surface area is 152 Å². The molecule has 0 radical (unpaired) electrons. The molecule has 0 fully saturated rings. The van der Waals surface area contributed by atoms with Crippen LogP contribution in [0.25, 0.3) is 10.9 Å². The number of anilines is 1. The topological polar surface area (TPSA) is 60.3 Å². The van der Waals surface area contributed by atoms with Crippen molar-refractivity contribution in [1.29, 1.82) is 0 Å². The fourth-order valence-corrected chi connectivity index (χ4v) is 3.11. The molecule has 0 bridgehead atoms. The van der Waals surface area contributed by atoms with Gasteiger partial charge in [-0.2, -0.15) is 0 Å². The summed E-state index contributed by atoms with van der Waals surface area (Å²) in [5.74, 6) is 0.612. The van der Waals surface area contributed by atoms with Crippen LogP contribution in [0.3, 0.4) is 0 Å². The van der Waals surface area contributed by atoms with E-state index >= 15 is 0 Å². The summed E-state index contributed by atoms with van der Waals surface area (Å²) in [6.07, 6.45) is 1.67. The number of nitrogens with one attached hydrogen (secondary N) is 1. The van der Waals surface area contributed by atoms with E-state index < -0.39 is 0 Å². The summed E-state index contributed by atoms with van der Waals surface area (Å²) in [6, 6.07) is 12.7. The number of aromatic nitrogens is 1. The largest absolute Gasteiger partial charge is 0.494 e. The van der Waals surface area contributed by atoms with Crippen molar-refractivity contribution in [2.24, 2.45) is 0 Å². The van der Waals surface area contributed by atoms with Crippen LogP contribution in [-0.2, 0) is 11.3 Å². The molecule has 5 nitrogen and oxygen atoms in total. The third-order valence-corrected chi connectivity index (χ3v) is 4.18. The van der Waals surface area contributed by atoms with Crippen molar-refractivity contribution in [2.75, 3.05) is 11.9 Å². The van der Waals surface area contributed by atoms with Gasteiger partial charge in [-0.25, -0.2) is 0 Å². The number of fused-ring (bicyclic) bond motifs is 1. The number of carbonyl (C=O) groups is 1. The first-order valence-corrected chi connectivity index (χ1v) is 8.61. The lowest BCUT2D eigenvalue weighted by atomic mass is 10.1. The molecule has 1 amide bonds. The molecule has 2 aromatic carbocycles. The number of rotatable bonds is 5. The van der Waals surface area contributed by atoms with E-state index in [2.05, 4.69) is 5.32 Å². The van der Waals surface area contributed by atoms with E-state index in [0.29, 0.717) is 17.7 Å². The van der Waals surface area contributed by atoms with E-state index in [4.69, 9.17) is 4.74 Å². The molecule has 1 aromatic heterocycles. The molecule has 26 heavy (non-hydrogen) atoms. The summed E-state index contributed by atoms with van der Waals surface area (Å²) in [6.45, 7) is 6.56. The molecular formula is C21H22N2O3. The molecule has 0 aliphatic heterocycles. The fourth-order valence-electron chi connectivity index (χ4n) is 3.11. The number of aryl methyl sites for hydroxylation is 2. The number of ether oxygens (including phenoxy) is 1. The molecule has 0 saturated heterocycles. The number of pyridine rings is 1. The second kappa shape index (κ2) is 7.44. The van der Waals surface area contributed by atoms with Crippen LogP contribution < -0.4 is 15.5 Å². The van der Waals surface area contributed by atoms with E-state index in [1.54, 1.807) is 22.9 Å². The molecule has 1 heterocycles. The summed E-state index contributed by atoms with van der Waals surface area (Å²) < 4.78 is 7.20. The highest BCUT2D eigenvalue weighted by Gasteiger charge is 2.10. The Morgan fingerprint density at radius 3 is 2.54 bits per heavy atom. The van der Waals surface area contributed by atoms with Crippen molar-refractivity contribution >= 4 is 22.5 Å². The van der Waals surface area contributed by atoms with Crippen LogP contribution >= 0.6 is 0 Å². The minimum absolute atomic E-state index is 0.0272. The summed E-state index contributed by atoms with van der Waals surface area (Å²) in [5, 5.41) is 3.53. The standard InChI is InChI=1S/C21H22N2O3/c1-4-26-17-7-5-16(6-8-17)22-20(25)13-23-10-9-19(24)21-15(3)11-14(2)12-18(21)23/h5-12H,4,13H2,1-3H3,(H,22,25). The number of nitrogens with zero attached hydrogens (tertiary/aromatic N) is 1. The molecule has 134 valence electrons. The lowest BCUT2D eigenvalue weighted by Crippen LogP contribution is -2.20. The number of carbonyl (C=O) groups excluding carboxylic acids is 1. The van der Waals surface area contributed by atoms with Gasteiger partial charge in [0, 0.05) is 23.3 Å². The predicted molar refractivity (Wildman–Crippen MR) is 104 cm³/mol. The molecule has 0 spiro atoms. The Hall–Kier alpha value is -3.08. The van der Waals surface area contributed by atoms with E-state index in [-0.39, 0.29) is 17.9 Å². The van der Waals surface area contributed by atoms with Gasteiger partial charge in [0.05, 0.1) is 12.1 Å².